The lowest BCUT2D eigenvalue weighted by Gasteiger charge is -2.14. The van der Waals surface area contributed by atoms with Gasteiger partial charge in [-0.15, -0.1) is 0 Å². The highest BCUT2D eigenvalue weighted by molar-refractivity contribution is 6.31. The Morgan fingerprint density at radius 2 is 1.22 bits per heavy atom. The zero-order valence-electron chi connectivity index (χ0n) is 12.5. The van der Waals surface area contributed by atoms with Crippen molar-refractivity contribution >= 4 is 22.4 Å². The van der Waals surface area contributed by atoms with Gasteiger partial charge in [0.2, 0.25) is 0 Å². The Kier molecular flexibility index (Phi) is 3.61. The molecule has 0 fully saturated rings. The van der Waals surface area contributed by atoms with Crippen LogP contribution in [0.4, 0.5) is 0 Å². The van der Waals surface area contributed by atoms with Crippen molar-refractivity contribution in [2.45, 2.75) is 0 Å². The zero-order chi connectivity index (χ0) is 15.6. The van der Waals surface area contributed by atoms with Gasteiger partial charge in [0.05, 0.1) is 0 Å². The van der Waals surface area contributed by atoms with Crippen molar-refractivity contribution in [1.29, 1.82) is 0 Å². The van der Waals surface area contributed by atoms with Gasteiger partial charge in [0, 0.05) is 5.02 Å². The van der Waals surface area contributed by atoms with Crippen molar-refractivity contribution in [2.24, 2.45) is 0 Å². The van der Waals surface area contributed by atoms with E-state index in [0.717, 1.165) is 10.4 Å². The summed E-state index contributed by atoms with van der Waals surface area (Å²) in [6, 6.07) is 31.5. The van der Waals surface area contributed by atoms with Crippen molar-refractivity contribution in [1.82, 2.24) is 0 Å². The van der Waals surface area contributed by atoms with E-state index in [-0.39, 0.29) is 0 Å². The number of fused-ring (bicyclic) bond motifs is 1. The van der Waals surface area contributed by atoms with Gasteiger partial charge in [0.25, 0.3) is 0 Å². The van der Waals surface area contributed by atoms with Crippen LogP contribution < -0.4 is 0 Å². The summed E-state index contributed by atoms with van der Waals surface area (Å²) in [6.45, 7) is 0. The molecule has 0 aliphatic carbocycles. The van der Waals surface area contributed by atoms with Crippen LogP contribution in [0.5, 0.6) is 0 Å². The van der Waals surface area contributed by atoms with E-state index in [4.69, 9.17) is 11.6 Å². The lowest BCUT2D eigenvalue weighted by molar-refractivity contribution is 1.61. The highest BCUT2D eigenvalue weighted by atomic mass is 35.5. The molecule has 0 heterocycles. The molecule has 4 aromatic rings. The first-order valence-corrected chi connectivity index (χ1v) is 8.04. The van der Waals surface area contributed by atoms with Crippen LogP contribution in [0.3, 0.4) is 0 Å². The summed E-state index contributed by atoms with van der Waals surface area (Å²) in [4.78, 5) is 0. The molecule has 0 spiro atoms. The van der Waals surface area contributed by atoms with Gasteiger partial charge in [0.1, 0.15) is 0 Å². The molecule has 0 nitrogen and oxygen atoms in total. The van der Waals surface area contributed by atoms with E-state index < -0.39 is 0 Å². The first-order chi connectivity index (χ1) is 11.3. The maximum Gasteiger partial charge on any atom is 0.0412 e. The highest BCUT2D eigenvalue weighted by Crippen LogP contribution is 2.38. The number of rotatable bonds is 2. The van der Waals surface area contributed by atoms with Gasteiger partial charge >= 0.3 is 0 Å². The molecule has 0 atom stereocenters. The second-order valence-corrected chi connectivity index (χ2v) is 6.02. The number of benzene rings is 4. The molecule has 0 saturated heterocycles. The van der Waals surface area contributed by atoms with E-state index in [0.29, 0.717) is 0 Å². The minimum absolute atomic E-state index is 0.768. The SMILES string of the molecule is Clc1ccc2c(-c3ccccc3)c(-c3ccccc3)ccc2c1. The first kappa shape index (κ1) is 14.0. The third kappa shape index (κ3) is 2.62. The second-order valence-electron chi connectivity index (χ2n) is 5.59. The molecule has 4 aromatic carbocycles. The molecule has 0 aromatic heterocycles. The smallest absolute Gasteiger partial charge is 0.0412 e. The third-order valence-corrected chi connectivity index (χ3v) is 4.36. The van der Waals surface area contributed by atoms with E-state index in [9.17, 15) is 0 Å². The van der Waals surface area contributed by atoms with Crippen LogP contribution in [-0.2, 0) is 0 Å². The molecule has 1 heteroatoms. The van der Waals surface area contributed by atoms with Crippen molar-refractivity contribution in [3.8, 4) is 22.3 Å². The van der Waals surface area contributed by atoms with Gasteiger partial charge < -0.3 is 0 Å². The quantitative estimate of drug-likeness (QED) is 0.380. The van der Waals surface area contributed by atoms with Crippen LogP contribution in [0.2, 0.25) is 5.02 Å². The van der Waals surface area contributed by atoms with Crippen LogP contribution in [-0.4, -0.2) is 0 Å². The molecule has 0 N–H and O–H groups in total. The first-order valence-electron chi connectivity index (χ1n) is 7.66. The highest BCUT2D eigenvalue weighted by Gasteiger charge is 2.11. The van der Waals surface area contributed by atoms with Crippen molar-refractivity contribution < 1.29 is 0 Å². The van der Waals surface area contributed by atoms with Gasteiger partial charge in [-0.05, 0) is 45.2 Å². The lowest BCUT2D eigenvalue weighted by atomic mass is 9.90. The molecule has 0 aliphatic rings. The standard InChI is InChI=1S/C22H15Cl/c23-19-12-14-21-18(15-19)11-13-20(16-7-3-1-4-8-16)22(21)17-9-5-2-6-10-17/h1-15H. The fourth-order valence-corrected chi connectivity index (χ4v) is 3.26. The molecule has 0 unspecified atom stereocenters. The molecule has 0 aliphatic heterocycles. The van der Waals surface area contributed by atoms with Crippen LogP contribution in [0, 0.1) is 0 Å². The summed E-state index contributed by atoms with van der Waals surface area (Å²) in [5.74, 6) is 0. The van der Waals surface area contributed by atoms with E-state index in [1.165, 1.54) is 27.6 Å². The minimum atomic E-state index is 0.768. The Morgan fingerprint density at radius 1 is 0.565 bits per heavy atom. The Balaban J connectivity index is 2.09. The van der Waals surface area contributed by atoms with Gasteiger partial charge in [-0.1, -0.05) is 90.5 Å². The molecule has 0 saturated carbocycles. The third-order valence-electron chi connectivity index (χ3n) is 4.13. The molecule has 4 rings (SSSR count). The Morgan fingerprint density at radius 3 is 1.91 bits per heavy atom. The monoisotopic (exact) mass is 314 g/mol. The average molecular weight is 315 g/mol. The predicted octanol–water partition coefficient (Wildman–Crippen LogP) is 6.83. The van der Waals surface area contributed by atoms with E-state index in [1.807, 2.05) is 24.3 Å². The van der Waals surface area contributed by atoms with Crippen LogP contribution in [0.1, 0.15) is 0 Å². The topological polar surface area (TPSA) is 0 Å². The fraction of sp³-hybridized carbons (Fsp3) is 0. The van der Waals surface area contributed by atoms with E-state index in [2.05, 4.69) is 66.7 Å². The molecule has 110 valence electrons. The maximum atomic E-state index is 6.17. The summed E-state index contributed by atoms with van der Waals surface area (Å²) in [6.07, 6.45) is 0. The number of hydrogen-bond donors (Lipinski definition) is 0. The zero-order valence-corrected chi connectivity index (χ0v) is 13.3. The van der Waals surface area contributed by atoms with Gasteiger partial charge in [-0.2, -0.15) is 0 Å². The largest absolute Gasteiger partial charge is 0.0843 e. The molecular weight excluding hydrogens is 300 g/mol. The Bertz CT molecular complexity index is 957. The minimum Gasteiger partial charge on any atom is -0.0843 e. The normalized spacial score (nSPS) is 10.8. The van der Waals surface area contributed by atoms with Crippen LogP contribution >= 0.6 is 11.6 Å². The molecule has 23 heavy (non-hydrogen) atoms. The fourth-order valence-electron chi connectivity index (χ4n) is 3.07. The maximum absolute atomic E-state index is 6.17. The van der Waals surface area contributed by atoms with Crippen LogP contribution in [0.25, 0.3) is 33.0 Å². The molecule has 0 radical (unpaired) electrons. The second kappa shape index (κ2) is 5.91. The lowest BCUT2D eigenvalue weighted by Crippen LogP contribution is -1.88. The Hall–Kier alpha value is -2.57. The number of halogens is 1. The van der Waals surface area contributed by atoms with Crippen molar-refractivity contribution in [2.75, 3.05) is 0 Å². The summed E-state index contributed by atoms with van der Waals surface area (Å²) >= 11 is 6.17. The van der Waals surface area contributed by atoms with Gasteiger partial charge in [0.15, 0.2) is 0 Å². The van der Waals surface area contributed by atoms with Crippen molar-refractivity contribution in [3.05, 3.63) is 96.0 Å². The summed E-state index contributed by atoms with van der Waals surface area (Å²) in [5, 5.41) is 3.15. The average Bonchev–Trinajstić information content (AvgIpc) is 2.62. The van der Waals surface area contributed by atoms with Crippen molar-refractivity contribution in [3.63, 3.8) is 0 Å². The van der Waals surface area contributed by atoms with E-state index >= 15 is 0 Å². The number of hydrogen-bond acceptors (Lipinski definition) is 0. The summed E-state index contributed by atoms with van der Waals surface area (Å²) in [7, 11) is 0. The molecule has 0 bridgehead atoms. The van der Waals surface area contributed by atoms with Crippen LogP contribution in [0.15, 0.2) is 91.0 Å². The Labute approximate surface area is 141 Å². The van der Waals surface area contributed by atoms with E-state index in [1.54, 1.807) is 0 Å². The van der Waals surface area contributed by atoms with Gasteiger partial charge in [-0.25, -0.2) is 0 Å². The van der Waals surface area contributed by atoms with Gasteiger partial charge in [-0.3, -0.25) is 0 Å². The predicted molar refractivity (Wildman–Crippen MR) is 99.8 cm³/mol. The molecule has 0 amide bonds. The molecular formula is C22H15Cl. The summed E-state index contributed by atoms with van der Waals surface area (Å²) in [5.41, 5.74) is 4.94. The summed E-state index contributed by atoms with van der Waals surface area (Å²) < 4.78 is 0.